The van der Waals surface area contributed by atoms with Crippen LogP contribution in [0.5, 0.6) is 0 Å². The lowest BCUT2D eigenvalue weighted by molar-refractivity contribution is -0.384. The molecule has 170 valence electrons. The fraction of sp³-hybridized carbons (Fsp3) is 0.286. The van der Waals surface area contributed by atoms with Crippen LogP contribution < -0.4 is 5.32 Å². The summed E-state index contributed by atoms with van der Waals surface area (Å²) in [6.45, 7) is 1.61. The molecule has 0 unspecified atom stereocenters. The zero-order chi connectivity index (χ0) is 23.8. The Kier molecular flexibility index (Phi) is 8.33. The minimum absolute atomic E-state index is 0.0477. The van der Waals surface area contributed by atoms with Gasteiger partial charge >= 0.3 is 11.9 Å². The molecule has 0 saturated heterocycles. The highest BCUT2D eigenvalue weighted by molar-refractivity contribution is 5.86. The molecule has 0 aliphatic rings. The molecule has 11 heteroatoms. The van der Waals surface area contributed by atoms with Crippen molar-refractivity contribution < 1.29 is 37.9 Å². The van der Waals surface area contributed by atoms with Gasteiger partial charge in [-0.2, -0.15) is 0 Å². The van der Waals surface area contributed by atoms with Crippen molar-refractivity contribution in [1.82, 2.24) is 5.32 Å². The van der Waals surface area contributed by atoms with Crippen LogP contribution in [0.1, 0.15) is 30.4 Å². The van der Waals surface area contributed by atoms with Gasteiger partial charge in [-0.05, 0) is 30.2 Å². The molecule has 2 N–H and O–H groups in total. The fourth-order valence-electron chi connectivity index (χ4n) is 3.06. The molecule has 2 aromatic carbocycles. The number of benzene rings is 2. The summed E-state index contributed by atoms with van der Waals surface area (Å²) < 4.78 is 31.3. The monoisotopic (exact) mass is 450 g/mol. The van der Waals surface area contributed by atoms with Crippen molar-refractivity contribution in [3.63, 3.8) is 0 Å². The van der Waals surface area contributed by atoms with Gasteiger partial charge in [-0.1, -0.05) is 18.2 Å². The lowest BCUT2D eigenvalue weighted by atomic mass is 9.88. The van der Waals surface area contributed by atoms with Crippen molar-refractivity contribution in [3.05, 3.63) is 75.3 Å². The molecule has 32 heavy (non-hydrogen) atoms. The van der Waals surface area contributed by atoms with E-state index in [1.807, 2.05) is 0 Å². The highest BCUT2D eigenvalue weighted by Gasteiger charge is 2.33. The van der Waals surface area contributed by atoms with E-state index in [0.717, 1.165) is 24.3 Å². The number of nitrogens with zero attached hydrogens (tertiary/aromatic N) is 1. The number of ether oxygens (including phenoxy) is 1. The second-order valence-electron chi connectivity index (χ2n) is 6.77. The molecule has 2 rings (SSSR count). The highest BCUT2D eigenvalue weighted by atomic mass is 19.2. The Morgan fingerprint density at radius 3 is 2.31 bits per heavy atom. The maximum Gasteiger partial charge on any atom is 0.326 e. The lowest BCUT2D eigenvalue weighted by Gasteiger charge is -2.25. The summed E-state index contributed by atoms with van der Waals surface area (Å²) in [6, 6.07) is 6.12. The molecule has 0 aliphatic carbocycles. The predicted molar refractivity (Wildman–Crippen MR) is 107 cm³/mol. The average molecular weight is 450 g/mol. The van der Waals surface area contributed by atoms with Gasteiger partial charge in [0.1, 0.15) is 6.04 Å². The van der Waals surface area contributed by atoms with Crippen LogP contribution in [0.15, 0.2) is 42.5 Å². The van der Waals surface area contributed by atoms with Gasteiger partial charge in [-0.15, -0.1) is 0 Å². The van der Waals surface area contributed by atoms with Gasteiger partial charge in [0.15, 0.2) is 11.6 Å². The minimum atomic E-state index is -1.60. The van der Waals surface area contributed by atoms with Crippen LogP contribution in [0.25, 0.3) is 0 Å². The molecular formula is C21H20F2N2O7. The third-order valence-electron chi connectivity index (χ3n) is 4.56. The van der Waals surface area contributed by atoms with Crippen LogP contribution in [0.2, 0.25) is 0 Å². The minimum Gasteiger partial charge on any atom is -0.480 e. The number of carbonyl (C=O) groups excluding carboxylic acids is 2. The van der Waals surface area contributed by atoms with Crippen molar-refractivity contribution in [1.29, 1.82) is 0 Å². The molecule has 0 radical (unpaired) electrons. The van der Waals surface area contributed by atoms with Gasteiger partial charge < -0.3 is 15.2 Å². The first-order valence-corrected chi connectivity index (χ1v) is 9.48. The van der Waals surface area contributed by atoms with Crippen molar-refractivity contribution in [2.75, 3.05) is 6.61 Å². The Morgan fingerprint density at radius 2 is 1.78 bits per heavy atom. The quantitative estimate of drug-likeness (QED) is 0.323. The number of nitro groups is 1. The second-order valence-corrected chi connectivity index (χ2v) is 6.77. The number of carboxylic acid groups (broad SMARTS) is 1. The third kappa shape index (κ3) is 6.56. The Balaban J connectivity index is 2.29. The van der Waals surface area contributed by atoms with Crippen molar-refractivity contribution in [3.8, 4) is 0 Å². The lowest BCUT2D eigenvalue weighted by Crippen LogP contribution is -2.46. The molecule has 0 heterocycles. The number of carbonyl (C=O) groups is 3. The largest absolute Gasteiger partial charge is 0.480 e. The van der Waals surface area contributed by atoms with Crippen LogP contribution in [0.3, 0.4) is 0 Å². The smallest absolute Gasteiger partial charge is 0.326 e. The number of non-ortho nitro benzene ring substituents is 1. The highest BCUT2D eigenvalue weighted by Crippen LogP contribution is 2.27. The van der Waals surface area contributed by atoms with E-state index >= 15 is 0 Å². The number of esters is 1. The molecule has 2 aromatic rings. The van der Waals surface area contributed by atoms with Crippen LogP contribution in [0.4, 0.5) is 14.5 Å². The Labute approximate surface area is 181 Å². The SMILES string of the molecule is CCOC(=O)C[C@@H](c1ccc([N+](=O)[O-])cc1)[C@H](NC(=O)Cc1ccc(F)c(F)c1)C(=O)O. The number of nitrogens with one attached hydrogen (secondary N) is 1. The molecule has 0 saturated carbocycles. The molecule has 0 aliphatic heterocycles. The molecule has 1 amide bonds. The van der Waals surface area contributed by atoms with E-state index in [4.69, 9.17) is 4.74 Å². The van der Waals surface area contributed by atoms with E-state index in [9.17, 15) is 38.4 Å². The van der Waals surface area contributed by atoms with Gasteiger partial charge in [-0.25, -0.2) is 13.6 Å². The molecular weight excluding hydrogens is 430 g/mol. The number of halogens is 2. The number of rotatable bonds is 10. The first-order valence-electron chi connectivity index (χ1n) is 9.48. The zero-order valence-corrected chi connectivity index (χ0v) is 16.9. The third-order valence-corrected chi connectivity index (χ3v) is 4.56. The van der Waals surface area contributed by atoms with Crippen LogP contribution in [0, 0.1) is 21.7 Å². The van der Waals surface area contributed by atoms with Gasteiger partial charge in [-0.3, -0.25) is 19.7 Å². The van der Waals surface area contributed by atoms with Gasteiger partial charge in [0.05, 0.1) is 24.4 Å². The Bertz CT molecular complexity index is 1010. The standard InChI is InChI=1S/C21H20F2N2O7/c1-2-32-19(27)11-15(13-4-6-14(7-5-13)25(30)31)20(21(28)29)24-18(26)10-12-3-8-16(22)17(23)9-12/h3-9,15,20H,2,10-11H2,1H3,(H,24,26)(H,28,29)/t15-,20-/m0/s1. The predicted octanol–water partition coefficient (Wildman–Crippen LogP) is 2.72. The molecule has 0 bridgehead atoms. The van der Waals surface area contributed by atoms with E-state index < -0.39 is 59.2 Å². The van der Waals surface area contributed by atoms with Gasteiger partial charge in [0.2, 0.25) is 5.91 Å². The number of hydrogen-bond acceptors (Lipinski definition) is 6. The number of nitro benzene ring substituents is 1. The Morgan fingerprint density at radius 1 is 1.12 bits per heavy atom. The summed E-state index contributed by atoms with van der Waals surface area (Å²) in [7, 11) is 0. The van der Waals surface area contributed by atoms with Crippen molar-refractivity contribution in [2.24, 2.45) is 0 Å². The summed E-state index contributed by atoms with van der Waals surface area (Å²) in [5.74, 6) is -6.35. The van der Waals surface area contributed by atoms with Crippen molar-refractivity contribution in [2.45, 2.75) is 31.7 Å². The fourth-order valence-corrected chi connectivity index (χ4v) is 3.06. The van der Waals surface area contributed by atoms with E-state index in [0.29, 0.717) is 0 Å². The summed E-state index contributed by atoms with van der Waals surface area (Å²) >= 11 is 0. The van der Waals surface area contributed by atoms with E-state index in [1.54, 1.807) is 6.92 Å². The van der Waals surface area contributed by atoms with Crippen molar-refractivity contribution >= 4 is 23.5 Å². The molecule has 9 nitrogen and oxygen atoms in total. The van der Waals surface area contributed by atoms with Crippen LogP contribution in [-0.4, -0.2) is 40.5 Å². The molecule has 0 spiro atoms. The van der Waals surface area contributed by atoms with E-state index in [1.165, 1.54) is 18.2 Å². The maximum absolute atomic E-state index is 13.4. The average Bonchev–Trinajstić information content (AvgIpc) is 2.73. The van der Waals surface area contributed by atoms with Gasteiger partial charge in [0.25, 0.3) is 5.69 Å². The number of hydrogen-bond donors (Lipinski definition) is 2. The summed E-state index contributed by atoms with van der Waals surface area (Å²) in [5.41, 5.74) is 0.130. The van der Waals surface area contributed by atoms with Crippen LogP contribution in [-0.2, 0) is 25.5 Å². The summed E-state index contributed by atoms with van der Waals surface area (Å²) in [6.07, 6.45) is -0.860. The van der Waals surface area contributed by atoms with Gasteiger partial charge in [0, 0.05) is 18.1 Å². The number of amides is 1. The topological polar surface area (TPSA) is 136 Å². The summed E-state index contributed by atoms with van der Waals surface area (Å²) in [5, 5.41) is 22.9. The first kappa shape index (κ1) is 24.4. The number of aliphatic carboxylic acids is 1. The summed E-state index contributed by atoms with van der Waals surface area (Å²) in [4.78, 5) is 46.7. The first-order chi connectivity index (χ1) is 15.1. The molecule has 0 aromatic heterocycles. The second kappa shape index (κ2) is 10.9. The van der Waals surface area contributed by atoms with Crippen LogP contribution >= 0.6 is 0 Å². The maximum atomic E-state index is 13.4. The molecule has 2 atom stereocenters. The Hall–Kier alpha value is -3.89. The van der Waals surface area contributed by atoms with E-state index in [2.05, 4.69) is 5.32 Å². The normalized spacial score (nSPS) is 12.5. The van der Waals surface area contributed by atoms with E-state index in [-0.39, 0.29) is 23.4 Å². The number of carboxylic acids is 1. The zero-order valence-electron chi connectivity index (χ0n) is 16.9. The molecule has 0 fully saturated rings.